The van der Waals surface area contributed by atoms with Crippen molar-refractivity contribution in [1.29, 1.82) is 0 Å². The lowest BCUT2D eigenvalue weighted by atomic mass is 10.1. The maximum Gasteiger partial charge on any atom is 0.137 e. The Balaban J connectivity index is 2.43. The molecule has 2 heteroatoms. The SMILES string of the molecule is Cc1[nH]c(-c2ccccc2)nc1C(C)C. The van der Waals surface area contributed by atoms with Crippen molar-refractivity contribution in [3.05, 3.63) is 41.7 Å². The van der Waals surface area contributed by atoms with Crippen LogP contribution in [0, 0.1) is 6.92 Å². The molecule has 1 aromatic carbocycles. The van der Waals surface area contributed by atoms with E-state index in [-0.39, 0.29) is 0 Å². The molecule has 0 aliphatic heterocycles. The van der Waals surface area contributed by atoms with Crippen LogP contribution in [0.2, 0.25) is 0 Å². The highest BCUT2D eigenvalue weighted by Crippen LogP contribution is 2.22. The van der Waals surface area contributed by atoms with E-state index in [4.69, 9.17) is 0 Å². The number of nitrogens with zero attached hydrogens (tertiary/aromatic N) is 1. The molecule has 1 aromatic heterocycles. The van der Waals surface area contributed by atoms with Crippen LogP contribution in [0.4, 0.5) is 0 Å². The van der Waals surface area contributed by atoms with Crippen molar-refractivity contribution < 1.29 is 0 Å². The number of nitrogens with one attached hydrogen (secondary N) is 1. The van der Waals surface area contributed by atoms with Gasteiger partial charge in [-0.3, -0.25) is 0 Å². The van der Waals surface area contributed by atoms with Crippen LogP contribution >= 0.6 is 0 Å². The monoisotopic (exact) mass is 200 g/mol. The van der Waals surface area contributed by atoms with E-state index in [1.807, 2.05) is 18.2 Å². The summed E-state index contributed by atoms with van der Waals surface area (Å²) in [5.74, 6) is 1.44. The van der Waals surface area contributed by atoms with Crippen LogP contribution in [0.5, 0.6) is 0 Å². The second-order valence-electron chi connectivity index (χ2n) is 4.12. The number of aromatic nitrogens is 2. The van der Waals surface area contributed by atoms with Crippen LogP contribution in [0.1, 0.15) is 31.2 Å². The summed E-state index contributed by atoms with van der Waals surface area (Å²) >= 11 is 0. The number of H-pyrrole nitrogens is 1. The Bertz CT molecular complexity index is 441. The molecule has 0 atom stereocenters. The summed E-state index contributed by atoms with van der Waals surface area (Å²) in [5, 5.41) is 0. The summed E-state index contributed by atoms with van der Waals surface area (Å²) in [5.41, 5.74) is 3.48. The molecule has 0 spiro atoms. The van der Waals surface area contributed by atoms with Gasteiger partial charge < -0.3 is 4.98 Å². The second kappa shape index (κ2) is 3.89. The number of aromatic amines is 1. The molecule has 15 heavy (non-hydrogen) atoms. The zero-order valence-electron chi connectivity index (χ0n) is 9.41. The molecule has 0 aliphatic rings. The van der Waals surface area contributed by atoms with Crippen LogP contribution in [0.3, 0.4) is 0 Å². The zero-order valence-corrected chi connectivity index (χ0v) is 9.41. The molecule has 0 saturated carbocycles. The molecule has 0 fully saturated rings. The molecule has 78 valence electrons. The van der Waals surface area contributed by atoms with E-state index in [2.05, 4.69) is 42.9 Å². The third kappa shape index (κ3) is 1.94. The fourth-order valence-electron chi connectivity index (χ4n) is 1.77. The molecule has 2 nitrogen and oxygen atoms in total. The van der Waals surface area contributed by atoms with Gasteiger partial charge in [0.1, 0.15) is 5.82 Å². The fourth-order valence-corrected chi connectivity index (χ4v) is 1.77. The Morgan fingerprint density at radius 3 is 2.33 bits per heavy atom. The summed E-state index contributed by atoms with van der Waals surface area (Å²) in [6, 6.07) is 10.2. The molecule has 0 unspecified atom stereocenters. The number of rotatable bonds is 2. The average Bonchev–Trinajstić information content (AvgIpc) is 2.62. The molecule has 0 aliphatic carbocycles. The molecular weight excluding hydrogens is 184 g/mol. The van der Waals surface area contributed by atoms with Crippen molar-refractivity contribution in [2.75, 3.05) is 0 Å². The zero-order chi connectivity index (χ0) is 10.8. The lowest BCUT2D eigenvalue weighted by Crippen LogP contribution is -1.89. The van der Waals surface area contributed by atoms with Crippen molar-refractivity contribution in [3.8, 4) is 11.4 Å². The van der Waals surface area contributed by atoms with Gasteiger partial charge in [-0.25, -0.2) is 4.98 Å². The summed E-state index contributed by atoms with van der Waals surface area (Å²) in [4.78, 5) is 7.96. The third-order valence-corrected chi connectivity index (χ3v) is 2.52. The Morgan fingerprint density at radius 1 is 1.13 bits per heavy atom. The van der Waals surface area contributed by atoms with Crippen molar-refractivity contribution in [2.24, 2.45) is 0 Å². The van der Waals surface area contributed by atoms with Crippen molar-refractivity contribution in [2.45, 2.75) is 26.7 Å². The molecule has 2 rings (SSSR count). The highest BCUT2D eigenvalue weighted by atomic mass is 14.9. The summed E-state index contributed by atoms with van der Waals surface area (Å²) in [7, 11) is 0. The van der Waals surface area contributed by atoms with Gasteiger partial charge in [0.25, 0.3) is 0 Å². The first kappa shape index (κ1) is 9.97. The summed E-state index contributed by atoms with van der Waals surface area (Å²) < 4.78 is 0. The van der Waals surface area contributed by atoms with E-state index in [9.17, 15) is 0 Å². The third-order valence-electron chi connectivity index (χ3n) is 2.52. The van der Waals surface area contributed by atoms with Gasteiger partial charge in [0.2, 0.25) is 0 Å². The van der Waals surface area contributed by atoms with E-state index >= 15 is 0 Å². The Labute approximate surface area is 90.4 Å². The predicted octanol–water partition coefficient (Wildman–Crippen LogP) is 3.51. The standard InChI is InChI=1S/C13H16N2/c1-9(2)12-10(3)14-13(15-12)11-7-5-4-6-8-11/h4-9H,1-3H3,(H,14,15). The maximum absolute atomic E-state index is 4.62. The fraction of sp³-hybridized carbons (Fsp3) is 0.308. The highest BCUT2D eigenvalue weighted by Gasteiger charge is 2.10. The van der Waals surface area contributed by atoms with Crippen LogP contribution < -0.4 is 0 Å². The molecular formula is C13H16N2. The van der Waals surface area contributed by atoms with E-state index in [0.29, 0.717) is 5.92 Å². The molecule has 0 saturated heterocycles. The minimum atomic E-state index is 0.471. The Hall–Kier alpha value is -1.57. The predicted molar refractivity (Wildman–Crippen MR) is 62.8 cm³/mol. The molecule has 1 heterocycles. The first-order valence-corrected chi connectivity index (χ1v) is 5.30. The first-order valence-electron chi connectivity index (χ1n) is 5.30. The van der Waals surface area contributed by atoms with Gasteiger partial charge in [-0.2, -0.15) is 0 Å². The van der Waals surface area contributed by atoms with Crippen molar-refractivity contribution in [3.63, 3.8) is 0 Å². The van der Waals surface area contributed by atoms with Crippen molar-refractivity contribution >= 4 is 0 Å². The quantitative estimate of drug-likeness (QED) is 0.789. The van der Waals surface area contributed by atoms with Crippen molar-refractivity contribution in [1.82, 2.24) is 9.97 Å². The average molecular weight is 200 g/mol. The highest BCUT2D eigenvalue weighted by molar-refractivity contribution is 5.55. The van der Waals surface area contributed by atoms with Crippen LogP contribution in [0.15, 0.2) is 30.3 Å². The van der Waals surface area contributed by atoms with Gasteiger partial charge >= 0.3 is 0 Å². The molecule has 1 N–H and O–H groups in total. The van der Waals surface area contributed by atoms with Gasteiger partial charge in [-0.15, -0.1) is 0 Å². The van der Waals surface area contributed by atoms with Crippen LogP contribution in [-0.4, -0.2) is 9.97 Å². The van der Waals surface area contributed by atoms with Crippen LogP contribution in [0.25, 0.3) is 11.4 Å². The molecule has 0 radical (unpaired) electrons. The minimum absolute atomic E-state index is 0.471. The number of benzene rings is 1. The van der Waals surface area contributed by atoms with E-state index < -0.39 is 0 Å². The Morgan fingerprint density at radius 2 is 1.80 bits per heavy atom. The minimum Gasteiger partial charge on any atom is -0.342 e. The lowest BCUT2D eigenvalue weighted by Gasteiger charge is -1.99. The van der Waals surface area contributed by atoms with Gasteiger partial charge in [0.05, 0.1) is 5.69 Å². The van der Waals surface area contributed by atoms with E-state index in [1.54, 1.807) is 0 Å². The number of imidazole rings is 1. The second-order valence-corrected chi connectivity index (χ2v) is 4.12. The van der Waals surface area contributed by atoms with Gasteiger partial charge in [-0.05, 0) is 12.8 Å². The van der Waals surface area contributed by atoms with Gasteiger partial charge in [0, 0.05) is 11.3 Å². The molecule has 0 bridgehead atoms. The summed E-state index contributed by atoms with van der Waals surface area (Å²) in [6.45, 7) is 6.41. The Kier molecular flexibility index (Phi) is 2.58. The molecule has 0 amide bonds. The van der Waals surface area contributed by atoms with Gasteiger partial charge in [-0.1, -0.05) is 44.2 Å². The smallest absolute Gasteiger partial charge is 0.137 e. The van der Waals surface area contributed by atoms with Crippen LogP contribution in [-0.2, 0) is 0 Å². The molecule has 2 aromatic rings. The van der Waals surface area contributed by atoms with Gasteiger partial charge in [0.15, 0.2) is 0 Å². The largest absolute Gasteiger partial charge is 0.342 e. The summed E-state index contributed by atoms with van der Waals surface area (Å²) in [6.07, 6.45) is 0. The van der Waals surface area contributed by atoms with E-state index in [0.717, 1.165) is 17.1 Å². The number of hydrogen-bond acceptors (Lipinski definition) is 1. The first-order chi connectivity index (χ1) is 7.18. The number of hydrogen-bond donors (Lipinski definition) is 1. The lowest BCUT2D eigenvalue weighted by molar-refractivity contribution is 0.823. The topological polar surface area (TPSA) is 28.7 Å². The maximum atomic E-state index is 4.62. The van der Waals surface area contributed by atoms with E-state index in [1.165, 1.54) is 5.69 Å². The normalized spacial score (nSPS) is 10.9. The number of aryl methyl sites for hydroxylation is 1.